The molecule has 0 amide bonds. The molecule has 0 aromatic carbocycles. The van der Waals surface area contributed by atoms with Crippen molar-refractivity contribution in [2.45, 2.75) is 13.3 Å². The minimum atomic E-state index is 0.663. The van der Waals surface area contributed by atoms with Crippen LogP contribution in [0.3, 0.4) is 0 Å². The van der Waals surface area contributed by atoms with Gasteiger partial charge in [0.1, 0.15) is 5.75 Å². The van der Waals surface area contributed by atoms with E-state index < -0.39 is 0 Å². The second-order valence-corrected chi connectivity index (χ2v) is 3.87. The number of rotatable bonds is 3. The van der Waals surface area contributed by atoms with E-state index >= 15 is 0 Å². The lowest BCUT2D eigenvalue weighted by Crippen LogP contribution is -2.15. The van der Waals surface area contributed by atoms with Gasteiger partial charge in [-0.15, -0.1) is 0 Å². The Morgan fingerprint density at radius 1 is 1.57 bits per heavy atom. The van der Waals surface area contributed by atoms with E-state index in [1.165, 1.54) is 6.42 Å². The quantitative estimate of drug-likeness (QED) is 0.785. The maximum Gasteiger partial charge on any atom is 0.137 e. The molecule has 3 heteroatoms. The smallest absolute Gasteiger partial charge is 0.137 e. The van der Waals surface area contributed by atoms with E-state index in [1.807, 2.05) is 19.2 Å². The summed E-state index contributed by atoms with van der Waals surface area (Å²) in [4.78, 5) is 4.09. The van der Waals surface area contributed by atoms with E-state index in [4.69, 9.17) is 4.74 Å². The molecule has 0 aliphatic carbocycles. The zero-order valence-corrected chi connectivity index (χ0v) is 8.49. The van der Waals surface area contributed by atoms with Gasteiger partial charge < -0.3 is 10.1 Å². The van der Waals surface area contributed by atoms with E-state index in [2.05, 4.69) is 10.3 Å². The van der Waals surface area contributed by atoms with Gasteiger partial charge in [-0.3, -0.25) is 4.98 Å². The Hall–Kier alpha value is -1.09. The number of nitrogens with one attached hydrogen (secondary N) is 1. The molecule has 2 heterocycles. The largest absolute Gasteiger partial charge is 0.492 e. The molecule has 1 aliphatic heterocycles. The van der Waals surface area contributed by atoms with Crippen LogP contribution in [0.4, 0.5) is 0 Å². The number of aromatic nitrogens is 1. The summed E-state index contributed by atoms with van der Waals surface area (Å²) >= 11 is 0. The number of aryl methyl sites for hydroxylation is 1. The number of hydrogen-bond donors (Lipinski definition) is 1. The molecule has 3 nitrogen and oxygen atoms in total. The lowest BCUT2D eigenvalue weighted by Gasteiger charge is -2.10. The average Bonchev–Trinajstić information content (AvgIpc) is 2.67. The van der Waals surface area contributed by atoms with Crippen molar-refractivity contribution in [3.63, 3.8) is 0 Å². The molecule has 76 valence electrons. The predicted octanol–water partition coefficient (Wildman–Crippen LogP) is 1.38. The first-order valence-corrected chi connectivity index (χ1v) is 5.10. The van der Waals surface area contributed by atoms with Gasteiger partial charge in [0.2, 0.25) is 0 Å². The first-order valence-electron chi connectivity index (χ1n) is 5.10. The van der Waals surface area contributed by atoms with Crippen LogP contribution in [-0.4, -0.2) is 24.7 Å². The van der Waals surface area contributed by atoms with Crippen molar-refractivity contribution < 1.29 is 4.74 Å². The molecule has 1 unspecified atom stereocenters. The standard InChI is InChI=1S/C11H16N2O/c1-9-4-11(7-13-5-9)14-8-10-2-3-12-6-10/h4-5,7,10,12H,2-3,6,8H2,1H3. The van der Waals surface area contributed by atoms with Gasteiger partial charge in [-0.2, -0.15) is 0 Å². The Morgan fingerprint density at radius 3 is 3.21 bits per heavy atom. The molecule has 1 aliphatic rings. The summed E-state index contributed by atoms with van der Waals surface area (Å²) in [5, 5.41) is 3.32. The van der Waals surface area contributed by atoms with Crippen LogP contribution in [0.2, 0.25) is 0 Å². The minimum absolute atomic E-state index is 0.663. The summed E-state index contributed by atoms with van der Waals surface area (Å²) in [6.07, 6.45) is 4.83. The van der Waals surface area contributed by atoms with Crippen molar-refractivity contribution in [2.24, 2.45) is 5.92 Å². The van der Waals surface area contributed by atoms with Gasteiger partial charge >= 0.3 is 0 Å². The molecule has 1 N–H and O–H groups in total. The Kier molecular flexibility index (Phi) is 2.99. The van der Waals surface area contributed by atoms with Crippen molar-refractivity contribution >= 4 is 0 Å². The molecular formula is C11H16N2O. The highest BCUT2D eigenvalue weighted by atomic mass is 16.5. The van der Waals surface area contributed by atoms with Crippen LogP contribution in [0.5, 0.6) is 5.75 Å². The van der Waals surface area contributed by atoms with Gasteiger partial charge in [0.25, 0.3) is 0 Å². The fourth-order valence-corrected chi connectivity index (χ4v) is 1.68. The average molecular weight is 192 g/mol. The third-order valence-corrected chi connectivity index (χ3v) is 2.50. The lowest BCUT2D eigenvalue weighted by molar-refractivity contribution is 0.259. The van der Waals surface area contributed by atoms with Crippen molar-refractivity contribution in [3.05, 3.63) is 24.0 Å². The van der Waals surface area contributed by atoms with Gasteiger partial charge in [0, 0.05) is 18.7 Å². The molecule has 1 saturated heterocycles. The molecule has 2 rings (SSSR count). The number of hydrogen-bond acceptors (Lipinski definition) is 3. The van der Waals surface area contributed by atoms with Crippen LogP contribution in [0.15, 0.2) is 18.5 Å². The highest BCUT2D eigenvalue weighted by Crippen LogP contribution is 2.14. The first-order chi connectivity index (χ1) is 6.84. The Morgan fingerprint density at radius 2 is 2.50 bits per heavy atom. The van der Waals surface area contributed by atoms with Crippen LogP contribution >= 0.6 is 0 Å². The highest BCUT2D eigenvalue weighted by Gasteiger charge is 2.14. The molecule has 1 atom stereocenters. The summed E-state index contributed by atoms with van der Waals surface area (Å²) in [5.74, 6) is 1.55. The molecule has 0 spiro atoms. The van der Waals surface area contributed by atoms with Crippen molar-refractivity contribution in [1.29, 1.82) is 0 Å². The monoisotopic (exact) mass is 192 g/mol. The second-order valence-electron chi connectivity index (χ2n) is 3.87. The normalized spacial score (nSPS) is 21.1. The fourth-order valence-electron chi connectivity index (χ4n) is 1.68. The van der Waals surface area contributed by atoms with Crippen LogP contribution in [0, 0.1) is 12.8 Å². The molecule has 0 radical (unpaired) electrons. The first kappa shape index (κ1) is 9.46. The SMILES string of the molecule is Cc1cncc(OCC2CCNC2)c1. The topological polar surface area (TPSA) is 34.1 Å². The molecule has 0 bridgehead atoms. The van der Waals surface area contributed by atoms with Crippen LogP contribution in [0.25, 0.3) is 0 Å². The lowest BCUT2D eigenvalue weighted by atomic mass is 10.1. The number of nitrogens with zero attached hydrogens (tertiary/aromatic N) is 1. The summed E-state index contributed by atoms with van der Waals surface area (Å²) < 4.78 is 5.67. The van der Waals surface area contributed by atoms with E-state index in [0.29, 0.717) is 5.92 Å². The van der Waals surface area contributed by atoms with Crippen molar-refractivity contribution in [3.8, 4) is 5.75 Å². The van der Waals surface area contributed by atoms with Crippen LogP contribution in [0.1, 0.15) is 12.0 Å². The van der Waals surface area contributed by atoms with Gasteiger partial charge in [-0.05, 0) is 31.5 Å². The van der Waals surface area contributed by atoms with Gasteiger partial charge in [-0.25, -0.2) is 0 Å². The number of pyridine rings is 1. The zero-order chi connectivity index (χ0) is 9.80. The third kappa shape index (κ3) is 2.45. The maximum atomic E-state index is 5.67. The van der Waals surface area contributed by atoms with Crippen molar-refractivity contribution in [2.75, 3.05) is 19.7 Å². The highest BCUT2D eigenvalue weighted by molar-refractivity contribution is 5.22. The molecule has 1 fully saturated rings. The molecule has 1 aromatic heterocycles. The van der Waals surface area contributed by atoms with Gasteiger partial charge in [-0.1, -0.05) is 0 Å². The fraction of sp³-hybridized carbons (Fsp3) is 0.545. The summed E-state index contributed by atoms with van der Waals surface area (Å²) in [6, 6.07) is 2.02. The molecule has 14 heavy (non-hydrogen) atoms. The Balaban J connectivity index is 1.85. The van der Waals surface area contributed by atoms with Crippen molar-refractivity contribution in [1.82, 2.24) is 10.3 Å². The minimum Gasteiger partial charge on any atom is -0.492 e. The molecule has 0 saturated carbocycles. The number of ether oxygens (including phenoxy) is 1. The zero-order valence-electron chi connectivity index (χ0n) is 8.49. The molecule has 1 aromatic rings. The summed E-state index contributed by atoms with van der Waals surface area (Å²) in [7, 11) is 0. The van der Waals surface area contributed by atoms with Gasteiger partial charge in [0.05, 0.1) is 12.8 Å². The maximum absolute atomic E-state index is 5.67. The second kappa shape index (κ2) is 4.42. The summed E-state index contributed by atoms with van der Waals surface area (Å²) in [6.45, 7) is 5.04. The summed E-state index contributed by atoms with van der Waals surface area (Å²) in [5.41, 5.74) is 1.15. The van der Waals surface area contributed by atoms with E-state index in [-0.39, 0.29) is 0 Å². The molecular weight excluding hydrogens is 176 g/mol. The Bertz CT molecular complexity index is 295. The third-order valence-electron chi connectivity index (χ3n) is 2.50. The van der Waals surface area contributed by atoms with Crippen LogP contribution in [-0.2, 0) is 0 Å². The van der Waals surface area contributed by atoms with Gasteiger partial charge in [0.15, 0.2) is 0 Å². The van der Waals surface area contributed by atoms with E-state index in [1.54, 1.807) is 6.20 Å². The predicted molar refractivity (Wildman–Crippen MR) is 55.4 cm³/mol. The van der Waals surface area contributed by atoms with E-state index in [0.717, 1.165) is 31.0 Å². The Labute approximate surface area is 84.5 Å². The van der Waals surface area contributed by atoms with Crippen LogP contribution < -0.4 is 10.1 Å². The van der Waals surface area contributed by atoms with E-state index in [9.17, 15) is 0 Å².